The summed E-state index contributed by atoms with van der Waals surface area (Å²) in [6.45, 7) is -9.81. The third-order valence-electron chi connectivity index (χ3n) is 7.95. The number of nitrogens with zero attached hydrogens (tertiary/aromatic N) is 8. The Labute approximate surface area is 296 Å². The molecule has 276 valence electrons. The number of likely N-dealkylation sites (N-methyl/N-ethyl adjacent to an activating group) is 1. The van der Waals surface area contributed by atoms with Gasteiger partial charge in [-0.1, -0.05) is 24.5 Å². The van der Waals surface area contributed by atoms with Crippen molar-refractivity contribution in [3.8, 4) is 0 Å². The van der Waals surface area contributed by atoms with Crippen LogP contribution in [0.25, 0.3) is 22.3 Å². The molecule has 7 rings (SSSR count). The van der Waals surface area contributed by atoms with Crippen LogP contribution in [0.4, 0.5) is 25.2 Å². The molecule has 27 heteroatoms. The van der Waals surface area contributed by atoms with Gasteiger partial charge in [-0.25, -0.2) is 52.6 Å². The minimum atomic E-state index is -4.46. The average Bonchev–Trinajstić information content (AvgIpc) is 3.85. The minimum absolute atomic E-state index is 0.0308. The van der Waals surface area contributed by atoms with E-state index in [9.17, 15) is 13.9 Å². The molecule has 3 fully saturated rings. The summed E-state index contributed by atoms with van der Waals surface area (Å²) in [6, 6.07) is 0. The zero-order valence-electron chi connectivity index (χ0n) is 26.0. The van der Waals surface area contributed by atoms with Gasteiger partial charge in [0.25, 0.3) is 0 Å². The molecule has 0 unspecified atom stereocenters. The lowest BCUT2D eigenvalue weighted by Gasteiger charge is -2.28. The standard InChI is InChI=1S/C24H29F2N11O10P2S2/c1-28-2-3-41-24(38)35-19-15-21(32-7-30-19)37(9-34-15)23-13(26)17-11(45-23)5-43-48(39,50)46-16-10(4-42-49(40,51)47-17)44-22(12(16)25)36-8-33-14-18(27)29-6-31-20(14)36/h6-13,16-17,22-23,28H,2-5H2,1H3,(H,39,50)(H,40,51)(H2,27,29,31)(H,30,32,35,38)/t10-,11-,12-,13-,16-,17-,22-,23-,48+,49-/m1/s1. The molecule has 3 saturated heterocycles. The molecule has 4 aromatic heterocycles. The number of aromatic nitrogens is 8. The highest BCUT2D eigenvalue weighted by Crippen LogP contribution is 2.60. The molecule has 3 aliphatic rings. The maximum Gasteiger partial charge on any atom is 0.412 e. The molecule has 1 amide bonds. The van der Waals surface area contributed by atoms with E-state index >= 15 is 8.78 Å². The fourth-order valence-electron chi connectivity index (χ4n) is 5.62. The van der Waals surface area contributed by atoms with Gasteiger partial charge in [0.1, 0.15) is 49.2 Å². The van der Waals surface area contributed by atoms with Crippen LogP contribution in [0.2, 0.25) is 0 Å². The lowest BCUT2D eigenvalue weighted by atomic mass is 10.1. The smallest absolute Gasteiger partial charge is 0.412 e. The summed E-state index contributed by atoms with van der Waals surface area (Å²) in [6.07, 6.45) is -9.53. The number of carbonyl (C=O) groups is 1. The van der Waals surface area contributed by atoms with Crippen LogP contribution in [-0.2, 0) is 41.4 Å². The summed E-state index contributed by atoms with van der Waals surface area (Å²) in [7, 11) is 1.69. The molecule has 10 atom stereocenters. The number of rotatable bonds is 6. The Hall–Kier alpha value is -3.09. The number of amides is 1. The van der Waals surface area contributed by atoms with Crippen molar-refractivity contribution in [2.24, 2.45) is 0 Å². The average molecular weight is 796 g/mol. The van der Waals surface area contributed by atoms with Gasteiger partial charge in [-0.15, -0.1) is 0 Å². The maximum absolute atomic E-state index is 16.3. The van der Waals surface area contributed by atoms with E-state index in [1.807, 2.05) is 0 Å². The first-order valence-electron chi connectivity index (χ1n) is 14.9. The molecule has 51 heavy (non-hydrogen) atoms. The second kappa shape index (κ2) is 14.4. The summed E-state index contributed by atoms with van der Waals surface area (Å²) >= 11 is 8.03. The van der Waals surface area contributed by atoms with Crippen LogP contribution in [0.5, 0.6) is 0 Å². The number of thiol groups is 2. The largest absolute Gasteiger partial charge is 0.448 e. The zero-order chi connectivity index (χ0) is 36.1. The summed E-state index contributed by atoms with van der Waals surface area (Å²) in [5.74, 6) is 0.00358. The summed E-state index contributed by atoms with van der Waals surface area (Å²) < 4.78 is 100. The van der Waals surface area contributed by atoms with Gasteiger partial charge in [-0.2, -0.15) is 0 Å². The molecule has 0 aromatic carbocycles. The van der Waals surface area contributed by atoms with Crippen LogP contribution < -0.4 is 16.4 Å². The van der Waals surface area contributed by atoms with E-state index in [-0.39, 0.29) is 40.6 Å². The predicted molar refractivity (Wildman–Crippen MR) is 176 cm³/mol. The number of anilines is 2. The van der Waals surface area contributed by atoms with Gasteiger partial charge in [0.05, 0.1) is 25.9 Å². The number of nitrogen functional groups attached to an aromatic ring is 1. The van der Waals surface area contributed by atoms with Crippen LogP contribution in [0.15, 0.2) is 25.3 Å². The van der Waals surface area contributed by atoms with Gasteiger partial charge in [-0.3, -0.25) is 32.5 Å². The normalized spacial score (nSPS) is 34.5. The second-order valence-corrected chi connectivity index (χ2v) is 16.9. The van der Waals surface area contributed by atoms with Crippen molar-refractivity contribution in [2.45, 2.75) is 49.2 Å². The van der Waals surface area contributed by atoms with Crippen molar-refractivity contribution in [3.63, 3.8) is 0 Å². The highest BCUT2D eigenvalue weighted by Gasteiger charge is 2.54. The molecule has 3 aliphatic heterocycles. The quantitative estimate of drug-likeness (QED) is 0.107. The van der Waals surface area contributed by atoms with Crippen molar-refractivity contribution in [2.75, 3.05) is 44.5 Å². The molecule has 0 saturated carbocycles. The summed E-state index contributed by atoms with van der Waals surface area (Å²) in [4.78, 5) is 36.6. The number of halogens is 2. The van der Waals surface area contributed by atoms with E-state index in [0.717, 1.165) is 12.7 Å². The molecular weight excluding hydrogens is 766 g/mol. The zero-order valence-corrected chi connectivity index (χ0v) is 29.6. The van der Waals surface area contributed by atoms with Crippen molar-refractivity contribution in [1.82, 2.24) is 44.4 Å². The molecule has 0 spiro atoms. The van der Waals surface area contributed by atoms with Crippen LogP contribution in [0.1, 0.15) is 12.5 Å². The van der Waals surface area contributed by atoms with E-state index in [1.54, 1.807) is 7.05 Å². The van der Waals surface area contributed by atoms with E-state index in [2.05, 4.69) is 65.0 Å². The number of hydrogen-bond acceptors (Lipinski definition) is 18. The Morgan fingerprint density at radius 2 is 1.43 bits per heavy atom. The highest BCUT2D eigenvalue weighted by molar-refractivity contribution is 8.44. The van der Waals surface area contributed by atoms with Crippen molar-refractivity contribution < 1.29 is 55.0 Å². The Morgan fingerprint density at radius 3 is 2.00 bits per heavy atom. The summed E-state index contributed by atoms with van der Waals surface area (Å²) in [5.41, 5.74) is 6.24. The Kier molecular flexibility index (Phi) is 10.2. The number of ether oxygens (including phenoxy) is 3. The van der Waals surface area contributed by atoms with Gasteiger partial charge in [0.15, 0.2) is 53.2 Å². The van der Waals surface area contributed by atoms with Crippen LogP contribution in [0.3, 0.4) is 0 Å². The lowest BCUT2D eigenvalue weighted by molar-refractivity contribution is -0.0544. The molecule has 7 heterocycles. The predicted octanol–water partition coefficient (Wildman–Crippen LogP) is 2.38. The Balaban J connectivity index is 1.11. The third-order valence-corrected chi connectivity index (χ3v) is 11.2. The Morgan fingerprint density at radius 1 is 0.902 bits per heavy atom. The monoisotopic (exact) mass is 795 g/mol. The van der Waals surface area contributed by atoms with Gasteiger partial charge in [-0.05, 0) is 7.05 Å². The van der Waals surface area contributed by atoms with Gasteiger partial charge < -0.3 is 25.3 Å². The highest BCUT2D eigenvalue weighted by atomic mass is 32.7. The lowest BCUT2D eigenvalue weighted by Crippen LogP contribution is -2.36. The van der Waals surface area contributed by atoms with Gasteiger partial charge in [0.2, 0.25) is 0 Å². The van der Waals surface area contributed by atoms with Crippen LogP contribution in [-0.4, -0.2) is 115 Å². The molecule has 0 radical (unpaired) electrons. The number of fused-ring (bicyclic) bond motifs is 4. The number of alkyl halides is 2. The van der Waals surface area contributed by atoms with Gasteiger partial charge in [0, 0.05) is 6.54 Å². The number of imidazole rings is 2. The van der Waals surface area contributed by atoms with Crippen molar-refractivity contribution in [1.29, 1.82) is 0 Å². The molecule has 4 N–H and O–H groups in total. The minimum Gasteiger partial charge on any atom is -0.448 e. The van der Waals surface area contributed by atoms with E-state index < -0.39 is 82.1 Å². The second-order valence-electron chi connectivity index (χ2n) is 11.2. The number of nitrogens with one attached hydrogen (secondary N) is 2. The topological polar surface area (TPSA) is 253 Å². The number of nitrogens with two attached hydrogens (primary N) is 1. The maximum atomic E-state index is 16.3. The van der Waals surface area contributed by atoms with Crippen LogP contribution in [0, 0.1) is 0 Å². The fraction of sp³-hybridized carbons (Fsp3) is 0.542. The van der Waals surface area contributed by atoms with E-state index in [1.165, 1.54) is 21.8 Å². The SMILES string of the molecule is CNCCOC(=O)Nc1ncnc2c1ncn2[C@@H]1O[C@@H]2CO[P@](=O)(S)O[C@H]3[C@@H](F)[C@H](n4cnc5c(N)ncnc54)O[C@@H]3CO[P@@](=O)(S)O[C@H]2[C@H]1F. The van der Waals surface area contributed by atoms with Crippen LogP contribution >= 0.6 is 38.1 Å². The summed E-state index contributed by atoms with van der Waals surface area (Å²) in [5, 5.41) is 5.28. The van der Waals surface area contributed by atoms with Crippen molar-refractivity contribution >= 4 is 78.1 Å². The molecular formula is C24H29F2N11O10P2S2. The van der Waals surface area contributed by atoms with Crippen molar-refractivity contribution in [3.05, 3.63) is 25.3 Å². The first kappa shape index (κ1) is 36.3. The molecule has 0 aliphatic carbocycles. The fourth-order valence-corrected chi connectivity index (χ4v) is 8.59. The Bertz CT molecular complexity index is 2030. The number of hydrogen-bond donors (Lipinski definition) is 5. The first-order valence-corrected chi connectivity index (χ1v) is 20.3. The number of carbonyl (C=O) groups excluding carboxylic acids is 1. The third kappa shape index (κ3) is 7.29. The molecule has 4 aromatic rings. The molecule has 21 nitrogen and oxygen atoms in total. The van der Waals surface area contributed by atoms with E-state index in [4.69, 9.17) is 38.0 Å². The van der Waals surface area contributed by atoms with Gasteiger partial charge >= 0.3 is 19.7 Å². The van der Waals surface area contributed by atoms with E-state index in [0.29, 0.717) is 6.54 Å². The first-order chi connectivity index (χ1) is 24.4. The molecule has 0 bridgehead atoms.